The van der Waals surface area contributed by atoms with Gasteiger partial charge in [0.05, 0.1) is 0 Å². The smallest absolute Gasteiger partial charge is 0.0686 e. The molecule has 7 rings (SSSR count). The highest BCUT2D eigenvalue weighted by molar-refractivity contribution is 7.00. The lowest BCUT2D eigenvalue weighted by molar-refractivity contribution is 1.73. The summed E-state index contributed by atoms with van der Waals surface area (Å²) in [5.41, 5.74) is 7.02. The van der Waals surface area contributed by atoms with Crippen molar-refractivity contribution in [1.29, 1.82) is 0 Å². The minimum atomic E-state index is 0.284. The summed E-state index contributed by atoms with van der Waals surface area (Å²) >= 11 is 0. The van der Waals surface area contributed by atoms with E-state index in [-0.39, 0.29) is 6.71 Å². The number of hydrogen-bond donors (Lipinski definition) is 0. The number of fused-ring (bicyclic) bond motifs is 4. The molecular formula is C28H17B. The average molecular weight is 364 g/mol. The second-order valence-corrected chi connectivity index (χ2v) is 8.12. The van der Waals surface area contributed by atoms with Crippen LogP contribution in [0.1, 0.15) is 0 Å². The van der Waals surface area contributed by atoms with Crippen molar-refractivity contribution in [3.8, 4) is 11.1 Å². The Morgan fingerprint density at radius 2 is 1.21 bits per heavy atom. The third-order valence-corrected chi connectivity index (χ3v) is 6.67. The molecule has 132 valence electrons. The molecule has 0 nitrogen and oxygen atoms in total. The van der Waals surface area contributed by atoms with Crippen LogP contribution < -0.4 is 16.4 Å². The lowest BCUT2D eigenvalue weighted by Crippen LogP contribution is -2.49. The quantitative estimate of drug-likeness (QED) is 0.282. The minimum Gasteiger partial charge on any atom is -0.0686 e. The van der Waals surface area contributed by atoms with E-state index >= 15 is 0 Å². The fourth-order valence-corrected chi connectivity index (χ4v) is 5.51. The third-order valence-electron chi connectivity index (χ3n) is 6.67. The lowest BCUT2D eigenvalue weighted by Gasteiger charge is -2.17. The van der Waals surface area contributed by atoms with Crippen LogP contribution in [0, 0.1) is 0 Å². The predicted octanol–water partition coefficient (Wildman–Crippen LogP) is 5.08. The molecule has 1 aliphatic heterocycles. The van der Waals surface area contributed by atoms with E-state index in [2.05, 4.69) is 103 Å². The van der Waals surface area contributed by atoms with E-state index < -0.39 is 0 Å². The number of hydrogen-bond acceptors (Lipinski definition) is 0. The molecular weight excluding hydrogens is 347 g/mol. The molecule has 1 heterocycles. The molecule has 0 spiro atoms. The number of rotatable bonds is 1. The maximum absolute atomic E-state index is 2.42. The van der Waals surface area contributed by atoms with Gasteiger partial charge in [-0.25, -0.2) is 0 Å². The Balaban J connectivity index is 1.70. The van der Waals surface area contributed by atoms with Gasteiger partial charge in [-0.05, 0) is 49.5 Å². The molecule has 0 saturated carbocycles. The highest BCUT2D eigenvalue weighted by Crippen LogP contribution is 2.37. The molecule has 0 bridgehead atoms. The summed E-state index contributed by atoms with van der Waals surface area (Å²) in [5.74, 6) is 0. The first-order valence-corrected chi connectivity index (χ1v) is 10.2. The fraction of sp³-hybridized carbons (Fsp3) is 0. The molecule has 0 radical (unpaired) electrons. The van der Waals surface area contributed by atoms with Crippen molar-refractivity contribution in [2.45, 2.75) is 0 Å². The Morgan fingerprint density at radius 1 is 0.483 bits per heavy atom. The van der Waals surface area contributed by atoms with Gasteiger partial charge >= 0.3 is 0 Å². The molecule has 6 aromatic rings. The summed E-state index contributed by atoms with van der Waals surface area (Å²) in [4.78, 5) is 0. The first-order chi connectivity index (χ1) is 14.4. The van der Waals surface area contributed by atoms with Crippen LogP contribution in [-0.4, -0.2) is 6.71 Å². The van der Waals surface area contributed by atoms with E-state index in [4.69, 9.17) is 0 Å². The van der Waals surface area contributed by atoms with Gasteiger partial charge in [-0.2, -0.15) is 0 Å². The van der Waals surface area contributed by atoms with Crippen LogP contribution in [-0.2, 0) is 0 Å². The van der Waals surface area contributed by atoms with Crippen molar-refractivity contribution >= 4 is 55.4 Å². The molecule has 0 fully saturated rings. The molecule has 0 aromatic heterocycles. The molecule has 0 atom stereocenters. The monoisotopic (exact) mass is 364 g/mol. The Bertz CT molecular complexity index is 1530. The van der Waals surface area contributed by atoms with E-state index in [9.17, 15) is 0 Å². The minimum absolute atomic E-state index is 0.284. The highest BCUT2D eigenvalue weighted by Gasteiger charge is 2.35. The third kappa shape index (κ3) is 1.95. The van der Waals surface area contributed by atoms with Crippen LogP contribution in [0.2, 0.25) is 0 Å². The summed E-state index contributed by atoms with van der Waals surface area (Å²) in [6.07, 6.45) is 0. The molecule has 1 heteroatoms. The lowest BCUT2D eigenvalue weighted by atomic mass is 9.38. The van der Waals surface area contributed by atoms with Crippen LogP contribution in [0.3, 0.4) is 0 Å². The normalized spacial score (nSPS) is 12.8. The van der Waals surface area contributed by atoms with Crippen LogP contribution >= 0.6 is 0 Å². The maximum atomic E-state index is 2.42. The van der Waals surface area contributed by atoms with Crippen molar-refractivity contribution in [2.24, 2.45) is 0 Å². The number of benzene rings is 6. The summed E-state index contributed by atoms with van der Waals surface area (Å²) in [7, 11) is 0. The van der Waals surface area contributed by atoms with E-state index in [0.29, 0.717) is 0 Å². The zero-order chi connectivity index (χ0) is 18.9. The zero-order valence-corrected chi connectivity index (χ0v) is 15.9. The van der Waals surface area contributed by atoms with Crippen LogP contribution in [0.25, 0.3) is 43.4 Å². The maximum Gasteiger partial charge on any atom is 0.243 e. The van der Waals surface area contributed by atoms with Crippen molar-refractivity contribution in [1.82, 2.24) is 0 Å². The van der Waals surface area contributed by atoms with Gasteiger partial charge in [-0.3, -0.25) is 0 Å². The van der Waals surface area contributed by atoms with Crippen molar-refractivity contribution in [3.05, 3.63) is 103 Å². The van der Waals surface area contributed by atoms with E-state index in [1.54, 1.807) is 0 Å². The van der Waals surface area contributed by atoms with Gasteiger partial charge < -0.3 is 0 Å². The molecule has 1 aliphatic rings. The second-order valence-electron chi connectivity index (χ2n) is 8.12. The molecule has 0 aliphatic carbocycles. The summed E-state index contributed by atoms with van der Waals surface area (Å²) in [6, 6.07) is 38.2. The molecule has 0 amide bonds. The average Bonchev–Trinajstić information content (AvgIpc) is 3.12. The zero-order valence-electron chi connectivity index (χ0n) is 15.9. The Morgan fingerprint density at radius 3 is 2.07 bits per heavy atom. The SMILES string of the molecule is c1ccc(B2c3ccccc3-c3cc4ccc5cccc6ccc(c32)c4c56)cc1. The Kier molecular flexibility index (Phi) is 2.91. The van der Waals surface area contributed by atoms with Crippen molar-refractivity contribution in [3.63, 3.8) is 0 Å². The Hall–Kier alpha value is -3.58. The van der Waals surface area contributed by atoms with Crippen molar-refractivity contribution < 1.29 is 0 Å². The van der Waals surface area contributed by atoms with E-state index in [1.165, 1.54) is 59.8 Å². The molecule has 29 heavy (non-hydrogen) atoms. The molecule has 6 aromatic carbocycles. The van der Waals surface area contributed by atoms with Gasteiger partial charge in [0.15, 0.2) is 0 Å². The second kappa shape index (κ2) is 5.49. The van der Waals surface area contributed by atoms with Crippen LogP contribution in [0.15, 0.2) is 103 Å². The van der Waals surface area contributed by atoms with E-state index in [0.717, 1.165) is 0 Å². The van der Waals surface area contributed by atoms with Gasteiger partial charge in [-0.1, -0.05) is 113 Å². The van der Waals surface area contributed by atoms with Gasteiger partial charge in [-0.15, -0.1) is 0 Å². The highest BCUT2D eigenvalue weighted by atomic mass is 14.2. The first kappa shape index (κ1) is 15.4. The standard InChI is InChI=1S/C28H17B/c1-2-9-21(10-3-1)29-25-12-5-4-11-22(25)24-17-20-14-13-18-7-6-8-19-15-16-23(28(24)29)27(20)26(18)19/h1-17H. The van der Waals surface area contributed by atoms with Gasteiger partial charge in [0.2, 0.25) is 6.71 Å². The van der Waals surface area contributed by atoms with Crippen LogP contribution in [0.5, 0.6) is 0 Å². The first-order valence-electron chi connectivity index (χ1n) is 10.2. The van der Waals surface area contributed by atoms with Crippen LogP contribution in [0.4, 0.5) is 0 Å². The largest absolute Gasteiger partial charge is 0.243 e. The molecule has 0 N–H and O–H groups in total. The fourth-order valence-electron chi connectivity index (χ4n) is 5.51. The Labute approximate surface area is 169 Å². The van der Waals surface area contributed by atoms with Gasteiger partial charge in [0.25, 0.3) is 0 Å². The summed E-state index contributed by atoms with van der Waals surface area (Å²) < 4.78 is 0. The van der Waals surface area contributed by atoms with Gasteiger partial charge in [0.1, 0.15) is 0 Å². The van der Waals surface area contributed by atoms with Gasteiger partial charge in [0, 0.05) is 0 Å². The van der Waals surface area contributed by atoms with E-state index in [1.807, 2.05) is 0 Å². The predicted molar refractivity (Wildman–Crippen MR) is 127 cm³/mol. The molecule has 0 saturated heterocycles. The summed E-state index contributed by atoms with van der Waals surface area (Å²) in [5, 5.41) is 8.19. The summed E-state index contributed by atoms with van der Waals surface area (Å²) in [6.45, 7) is 0.284. The van der Waals surface area contributed by atoms with Crippen molar-refractivity contribution in [2.75, 3.05) is 0 Å². The topological polar surface area (TPSA) is 0 Å². The molecule has 0 unspecified atom stereocenters.